The number of nitrogens with zero attached hydrogens (tertiary/aromatic N) is 2. The van der Waals surface area contributed by atoms with Crippen LogP contribution in [0.2, 0.25) is 0 Å². The molecule has 29 heavy (non-hydrogen) atoms. The third-order valence-corrected chi connectivity index (χ3v) is 8.39. The van der Waals surface area contributed by atoms with Crippen LogP contribution in [0, 0.1) is 17.8 Å². The lowest BCUT2D eigenvalue weighted by molar-refractivity contribution is 0.0158. The van der Waals surface area contributed by atoms with E-state index in [-0.39, 0.29) is 10.8 Å². The Morgan fingerprint density at radius 3 is 2.86 bits per heavy atom. The average Bonchev–Trinajstić information content (AvgIpc) is 3.46. The summed E-state index contributed by atoms with van der Waals surface area (Å²) in [5.74, 6) is 2.79. The van der Waals surface area contributed by atoms with Gasteiger partial charge in [0.1, 0.15) is 11.7 Å². The van der Waals surface area contributed by atoms with Crippen molar-refractivity contribution >= 4 is 22.8 Å². The maximum Gasteiger partial charge on any atom is 0.289 e. The third kappa shape index (κ3) is 4.22. The van der Waals surface area contributed by atoms with Crippen LogP contribution in [0.1, 0.15) is 62.4 Å². The zero-order valence-electron chi connectivity index (χ0n) is 17.1. The van der Waals surface area contributed by atoms with Crippen molar-refractivity contribution in [2.24, 2.45) is 22.7 Å². The molecule has 1 amide bonds. The number of fused-ring (bicyclic) bond motifs is 2. The van der Waals surface area contributed by atoms with Gasteiger partial charge < -0.3 is 19.4 Å². The van der Waals surface area contributed by atoms with Crippen LogP contribution in [0.3, 0.4) is 0 Å². The summed E-state index contributed by atoms with van der Waals surface area (Å²) in [6.45, 7) is 4.22. The van der Waals surface area contributed by atoms with Gasteiger partial charge in [-0.2, -0.15) is 0 Å². The van der Waals surface area contributed by atoms with E-state index in [9.17, 15) is 4.79 Å². The summed E-state index contributed by atoms with van der Waals surface area (Å²) in [5, 5.41) is 4.82. The third-order valence-electron chi connectivity index (χ3n) is 7.23. The van der Waals surface area contributed by atoms with Gasteiger partial charge >= 0.3 is 0 Å². The van der Waals surface area contributed by atoms with Crippen LogP contribution >= 0.6 is 11.8 Å². The van der Waals surface area contributed by atoms with Crippen molar-refractivity contribution in [3.05, 3.63) is 24.2 Å². The minimum atomic E-state index is -0.237. The van der Waals surface area contributed by atoms with Gasteiger partial charge in [0.25, 0.3) is 5.91 Å². The first-order chi connectivity index (χ1) is 14.1. The van der Waals surface area contributed by atoms with Gasteiger partial charge in [0.2, 0.25) is 0 Å². The second-order valence-electron chi connectivity index (χ2n) is 9.32. The van der Waals surface area contributed by atoms with E-state index in [1.54, 1.807) is 30.2 Å². The van der Waals surface area contributed by atoms with Gasteiger partial charge in [-0.25, -0.2) is 4.99 Å². The van der Waals surface area contributed by atoms with Gasteiger partial charge in [0.05, 0.1) is 6.26 Å². The molecule has 5 rings (SSSR count). The molecule has 0 radical (unpaired) electrons. The molecule has 0 aromatic carbocycles. The Balaban J connectivity index is 1.12. The fourth-order valence-electron chi connectivity index (χ4n) is 5.67. The number of amides is 1. The van der Waals surface area contributed by atoms with Crippen molar-refractivity contribution in [1.29, 1.82) is 0 Å². The molecular weight excluding hydrogens is 386 g/mol. The predicted octanol–water partition coefficient (Wildman–Crippen LogP) is 4.09. The first-order valence-electron chi connectivity index (χ1n) is 11.0. The number of amidine groups is 1. The number of ether oxygens (including phenoxy) is 1. The van der Waals surface area contributed by atoms with Gasteiger partial charge in [0.15, 0.2) is 10.9 Å². The van der Waals surface area contributed by atoms with Crippen molar-refractivity contribution < 1.29 is 13.9 Å². The highest BCUT2D eigenvalue weighted by molar-refractivity contribution is 8.14. The van der Waals surface area contributed by atoms with Gasteiger partial charge in [-0.05, 0) is 75.3 Å². The molecule has 3 heterocycles. The smallest absolute Gasteiger partial charge is 0.289 e. The Bertz CT molecular complexity index is 759. The van der Waals surface area contributed by atoms with Crippen LogP contribution in [0.4, 0.5) is 0 Å². The number of rotatable bonds is 4. The molecule has 7 heteroatoms. The molecule has 2 aliphatic heterocycles. The Kier molecular flexibility index (Phi) is 5.37. The first kappa shape index (κ1) is 19.5. The summed E-state index contributed by atoms with van der Waals surface area (Å²) in [6.07, 6.45) is 10.1. The minimum Gasteiger partial charge on any atom is -0.459 e. The zero-order valence-corrected chi connectivity index (χ0v) is 18.0. The number of thioether (sulfide) groups is 1. The molecule has 4 aliphatic rings. The maximum absolute atomic E-state index is 12.5. The van der Waals surface area contributed by atoms with Crippen molar-refractivity contribution in [1.82, 2.24) is 10.2 Å². The van der Waals surface area contributed by atoms with Crippen molar-refractivity contribution in [3.8, 4) is 0 Å². The molecule has 158 valence electrons. The SMILES string of the molecule is CC1(CC2CCN(C(=O)c3ccco3)CC2)OCN=C(N[C@H]2C[C@@H]3CC[C@H]2C3)S1. The van der Waals surface area contributed by atoms with Crippen LogP contribution in [0.25, 0.3) is 0 Å². The van der Waals surface area contributed by atoms with E-state index in [0.717, 1.165) is 49.4 Å². The summed E-state index contributed by atoms with van der Waals surface area (Å²) in [5.41, 5.74) is 0. The van der Waals surface area contributed by atoms with Gasteiger partial charge in [-0.3, -0.25) is 4.79 Å². The molecule has 2 saturated carbocycles. The van der Waals surface area contributed by atoms with E-state index < -0.39 is 0 Å². The minimum absolute atomic E-state index is 0.00688. The summed E-state index contributed by atoms with van der Waals surface area (Å²) in [7, 11) is 0. The van der Waals surface area contributed by atoms with Gasteiger partial charge in [-0.15, -0.1) is 0 Å². The van der Waals surface area contributed by atoms with Crippen molar-refractivity contribution in [2.75, 3.05) is 19.8 Å². The molecule has 1 unspecified atom stereocenters. The van der Waals surface area contributed by atoms with E-state index in [1.165, 1.54) is 25.7 Å². The number of carbonyl (C=O) groups excluding carboxylic acids is 1. The molecule has 1 aromatic heterocycles. The molecule has 1 saturated heterocycles. The van der Waals surface area contributed by atoms with Gasteiger partial charge in [-0.1, -0.05) is 18.2 Å². The standard InChI is InChI=1S/C22H31N3O3S/c1-22(13-15-6-8-25(9-7-15)20(26)19-3-2-10-27-19)28-14-23-21(29-22)24-18-12-16-4-5-17(18)11-16/h2-3,10,15-18H,4-9,11-14H2,1H3,(H,23,24)/t16-,17+,18+,22?/m1/s1. The molecule has 0 spiro atoms. The van der Waals surface area contributed by atoms with E-state index in [1.807, 2.05) is 4.90 Å². The largest absolute Gasteiger partial charge is 0.459 e. The Morgan fingerprint density at radius 1 is 1.31 bits per heavy atom. The molecule has 2 bridgehead atoms. The quantitative estimate of drug-likeness (QED) is 0.799. The number of furan rings is 1. The van der Waals surface area contributed by atoms with E-state index in [4.69, 9.17) is 9.15 Å². The number of carbonyl (C=O) groups is 1. The summed E-state index contributed by atoms with van der Waals surface area (Å²) in [4.78, 5) is 18.7. The Morgan fingerprint density at radius 2 is 2.17 bits per heavy atom. The molecule has 2 aliphatic carbocycles. The summed E-state index contributed by atoms with van der Waals surface area (Å²) < 4.78 is 11.4. The van der Waals surface area contributed by atoms with E-state index >= 15 is 0 Å². The number of piperidine rings is 1. The van der Waals surface area contributed by atoms with Gasteiger partial charge in [0, 0.05) is 19.1 Å². The Hall–Kier alpha value is -1.47. The van der Waals surface area contributed by atoms with Crippen LogP contribution in [0.5, 0.6) is 0 Å². The first-order valence-corrected chi connectivity index (χ1v) is 11.9. The number of hydrogen-bond donors (Lipinski definition) is 1. The normalized spacial score (nSPS) is 35.0. The van der Waals surface area contributed by atoms with Crippen LogP contribution in [0.15, 0.2) is 27.8 Å². The Labute approximate surface area is 176 Å². The average molecular weight is 418 g/mol. The van der Waals surface area contributed by atoms with Crippen LogP contribution < -0.4 is 5.32 Å². The second-order valence-corrected chi connectivity index (χ2v) is 10.8. The molecule has 4 atom stereocenters. The molecule has 6 nitrogen and oxygen atoms in total. The number of likely N-dealkylation sites (tertiary alicyclic amines) is 1. The number of aliphatic imine (C=N–C) groups is 1. The number of nitrogens with one attached hydrogen (secondary N) is 1. The highest BCUT2D eigenvalue weighted by atomic mass is 32.2. The lowest BCUT2D eigenvalue weighted by Crippen LogP contribution is -2.44. The fraction of sp³-hybridized carbons (Fsp3) is 0.727. The van der Waals surface area contributed by atoms with Crippen LogP contribution in [-0.2, 0) is 4.74 Å². The monoisotopic (exact) mass is 417 g/mol. The van der Waals surface area contributed by atoms with Crippen molar-refractivity contribution in [3.63, 3.8) is 0 Å². The molecule has 3 fully saturated rings. The van der Waals surface area contributed by atoms with E-state index in [2.05, 4.69) is 17.2 Å². The maximum atomic E-state index is 12.5. The molecule has 1 aromatic rings. The number of hydrogen-bond acceptors (Lipinski definition) is 6. The molecular formula is C22H31N3O3S. The predicted molar refractivity (Wildman–Crippen MR) is 114 cm³/mol. The van der Waals surface area contributed by atoms with Crippen molar-refractivity contribution in [2.45, 2.75) is 62.8 Å². The zero-order chi connectivity index (χ0) is 19.8. The summed E-state index contributed by atoms with van der Waals surface area (Å²) in [6, 6.07) is 4.12. The molecule has 1 N–H and O–H groups in total. The van der Waals surface area contributed by atoms with E-state index in [0.29, 0.717) is 24.5 Å². The summed E-state index contributed by atoms with van der Waals surface area (Å²) >= 11 is 1.77. The van der Waals surface area contributed by atoms with Crippen LogP contribution in [-0.4, -0.2) is 46.8 Å². The highest BCUT2D eigenvalue weighted by Crippen LogP contribution is 2.45. The highest BCUT2D eigenvalue weighted by Gasteiger charge is 2.42. The second kappa shape index (κ2) is 7.99. The fourth-order valence-corrected chi connectivity index (χ4v) is 6.84. The lowest BCUT2D eigenvalue weighted by Gasteiger charge is -2.39. The topological polar surface area (TPSA) is 67.1 Å². The lowest BCUT2D eigenvalue weighted by atomic mass is 9.91.